The second-order valence-corrected chi connectivity index (χ2v) is 8.79. The van der Waals surface area contributed by atoms with Gasteiger partial charge in [0.2, 0.25) is 0 Å². The Hall–Kier alpha value is -0.566. The number of nitrogens with one attached hydrogen (secondary N) is 1. The first-order valence-corrected chi connectivity index (χ1v) is 11.3. The van der Waals surface area contributed by atoms with Gasteiger partial charge in [0.1, 0.15) is 0 Å². The van der Waals surface area contributed by atoms with Gasteiger partial charge in [-0.15, -0.1) is 24.8 Å². The zero-order valence-corrected chi connectivity index (χ0v) is 20.0. The summed E-state index contributed by atoms with van der Waals surface area (Å²) in [5.74, 6) is 0. The van der Waals surface area contributed by atoms with Gasteiger partial charge in [0.25, 0.3) is 0 Å². The van der Waals surface area contributed by atoms with Crippen LogP contribution in [0, 0.1) is 0 Å². The number of unbranched alkanes of at least 4 members (excludes halogenated alkanes) is 1. The Morgan fingerprint density at radius 1 is 0.963 bits per heavy atom. The fourth-order valence-corrected chi connectivity index (χ4v) is 5.31. The van der Waals surface area contributed by atoms with Gasteiger partial charge in [-0.3, -0.25) is 0 Å². The van der Waals surface area contributed by atoms with Crippen LogP contribution in [0.1, 0.15) is 58.1 Å². The molecular formula is C23H31Cl2NTi. The van der Waals surface area contributed by atoms with Gasteiger partial charge in [-0.05, 0) is 0 Å². The summed E-state index contributed by atoms with van der Waals surface area (Å²) in [5, 5.41) is 2.82. The Bertz CT molecular complexity index is 839. The number of hydrogen-bond acceptors (Lipinski definition) is 1. The zero-order valence-electron chi connectivity index (χ0n) is 16.8. The van der Waals surface area contributed by atoms with E-state index < -0.39 is 0 Å². The normalized spacial score (nSPS) is 13.6. The third-order valence-electron chi connectivity index (χ3n) is 5.51. The van der Waals surface area contributed by atoms with Crippen molar-refractivity contribution in [1.82, 2.24) is 3.80 Å². The molecule has 1 N–H and O–H groups in total. The van der Waals surface area contributed by atoms with E-state index in [9.17, 15) is 0 Å². The van der Waals surface area contributed by atoms with Crippen LogP contribution in [0.2, 0.25) is 0 Å². The largest absolute Gasteiger partial charge is 0.147 e. The van der Waals surface area contributed by atoms with Crippen LogP contribution in [0.4, 0.5) is 0 Å². The van der Waals surface area contributed by atoms with Gasteiger partial charge in [0.15, 0.2) is 0 Å². The summed E-state index contributed by atoms with van der Waals surface area (Å²) in [4.78, 5) is 0. The van der Waals surface area contributed by atoms with Crippen molar-refractivity contribution >= 4 is 41.2 Å². The Kier molecular flexibility index (Phi) is 10.4. The number of halogens is 2. The molecule has 0 spiro atoms. The zero-order chi connectivity index (χ0) is 17.8. The summed E-state index contributed by atoms with van der Waals surface area (Å²) in [6.45, 7) is 10.3. The molecule has 27 heavy (non-hydrogen) atoms. The molecule has 1 aliphatic rings. The maximum Gasteiger partial charge on any atom is -0.147 e. The topological polar surface area (TPSA) is 12.0 Å². The van der Waals surface area contributed by atoms with E-state index in [2.05, 4.69) is 67.9 Å². The molecule has 0 heterocycles. The van der Waals surface area contributed by atoms with Crippen molar-refractivity contribution in [3.8, 4) is 0 Å². The van der Waals surface area contributed by atoms with Gasteiger partial charge in [-0.1, -0.05) is 0 Å². The molecule has 0 aromatic heterocycles. The summed E-state index contributed by atoms with van der Waals surface area (Å²) in [7, 11) is 0. The van der Waals surface area contributed by atoms with Crippen LogP contribution in [-0.2, 0) is 24.1 Å². The van der Waals surface area contributed by atoms with Crippen molar-refractivity contribution in [3.63, 3.8) is 0 Å². The maximum atomic E-state index is 3.74. The van der Waals surface area contributed by atoms with Crippen LogP contribution in [-0.4, -0.2) is 6.54 Å². The van der Waals surface area contributed by atoms with Crippen LogP contribution in [0.3, 0.4) is 0 Å². The molecule has 0 fully saturated rings. The number of hydrogen-bond donors (Lipinski definition) is 1. The smallest absolute Gasteiger partial charge is 0.147 e. The van der Waals surface area contributed by atoms with Crippen molar-refractivity contribution in [2.75, 3.05) is 6.54 Å². The molecule has 0 saturated heterocycles. The van der Waals surface area contributed by atoms with Crippen molar-refractivity contribution < 1.29 is 19.4 Å². The molecule has 0 bridgehead atoms. The van der Waals surface area contributed by atoms with Gasteiger partial charge in [-0.2, -0.15) is 0 Å². The number of benzene rings is 2. The monoisotopic (exact) mass is 439 g/mol. The SMILES string of the molecule is CCCC[NH][Ti][CH2]c1c(C2=C(C)C(C)=C(C)C2)ccc2ccccc12.Cl.Cl. The van der Waals surface area contributed by atoms with Crippen LogP contribution in [0.15, 0.2) is 53.1 Å². The minimum absolute atomic E-state index is 0. The predicted octanol–water partition coefficient (Wildman–Crippen LogP) is 7.08. The van der Waals surface area contributed by atoms with E-state index in [1.54, 1.807) is 11.1 Å². The molecule has 4 heteroatoms. The van der Waals surface area contributed by atoms with E-state index in [0.29, 0.717) is 0 Å². The second-order valence-electron chi connectivity index (χ2n) is 7.13. The van der Waals surface area contributed by atoms with Crippen LogP contribution in [0.25, 0.3) is 16.3 Å². The molecule has 0 radical (unpaired) electrons. The van der Waals surface area contributed by atoms with E-state index in [0.717, 1.165) is 6.42 Å². The Morgan fingerprint density at radius 3 is 2.37 bits per heavy atom. The first-order chi connectivity index (χ1) is 12.1. The molecule has 0 amide bonds. The molecule has 0 unspecified atom stereocenters. The second kappa shape index (κ2) is 11.4. The van der Waals surface area contributed by atoms with E-state index in [4.69, 9.17) is 0 Å². The molecule has 1 aliphatic carbocycles. The predicted molar refractivity (Wildman–Crippen MR) is 121 cm³/mol. The Labute approximate surface area is 186 Å². The fraction of sp³-hybridized carbons (Fsp3) is 0.391. The first kappa shape index (κ1) is 24.5. The van der Waals surface area contributed by atoms with E-state index in [-0.39, 0.29) is 44.2 Å². The summed E-state index contributed by atoms with van der Waals surface area (Å²) >= 11 is -0.140. The summed E-state index contributed by atoms with van der Waals surface area (Å²) in [6.07, 6.45) is 3.68. The average Bonchev–Trinajstić information content (AvgIpc) is 2.89. The third-order valence-corrected chi connectivity index (χ3v) is 7.12. The maximum absolute atomic E-state index is 3.74. The Morgan fingerprint density at radius 2 is 1.70 bits per heavy atom. The molecule has 3 rings (SSSR count). The molecule has 146 valence electrons. The van der Waals surface area contributed by atoms with Gasteiger partial charge in [0, 0.05) is 0 Å². The number of rotatable bonds is 7. The average molecular weight is 440 g/mol. The summed E-state index contributed by atoms with van der Waals surface area (Å²) in [5.41, 5.74) is 9.13. The standard InChI is InChI=1S/C19H19.C4H10N.2ClH.Ti/c1-12-11-19(14(3)13(12)2)18-10-9-16-7-5-6-8-17(16)15(18)4;1-2-3-4-5;;;/h5-10H,4,11H2,1-3H3;5H,2-4H2,1H3;2*1H;/q;-1;;;+1. The van der Waals surface area contributed by atoms with Gasteiger partial charge >= 0.3 is 162 Å². The number of fused-ring (bicyclic) bond motifs is 1. The van der Waals surface area contributed by atoms with Crippen molar-refractivity contribution in [1.29, 1.82) is 0 Å². The minimum atomic E-state index is -0.140. The quantitative estimate of drug-likeness (QED) is 0.358. The van der Waals surface area contributed by atoms with Crippen molar-refractivity contribution in [3.05, 3.63) is 64.2 Å². The van der Waals surface area contributed by atoms with E-state index in [1.807, 2.05) is 0 Å². The van der Waals surface area contributed by atoms with Crippen molar-refractivity contribution in [2.24, 2.45) is 0 Å². The molecule has 2 aromatic rings. The first-order valence-electron chi connectivity index (χ1n) is 9.46. The van der Waals surface area contributed by atoms with Gasteiger partial charge < -0.3 is 0 Å². The molecular weight excluding hydrogens is 409 g/mol. The minimum Gasteiger partial charge on any atom is -0.147 e. The van der Waals surface area contributed by atoms with Crippen molar-refractivity contribution in [2.45, 2.75) is 51.7 Å². The van der Waals surface area contributed by atoms with Crippen LogP contribution < -0.4 is 3.80 Å². The van der Waals surface area contributed by atoms with Crippen LogP contribution >= 0.6 is 24.8 Å². The number of allylic oxidation sites excluding steroid dienone is 4. The van der Waals surface area contributed by atoms with E-state index >= 15 is 0 Å². The molecule has 0 saturated carbocycles. The summed E-state index contributed by atoms with van der Waals surface area (Å²) < 4.78 is 4.96. The third kappa shape index (κ3) is 5.49. The van der Waals surface area contributed by atoms with Gasteiger partial charge in [-0.25, -0.2) is 0 Å². The Balaban J connectivity index is 0.00000182. The molecule has 0 atom stereocenters. The van der Waals surface area contributed by atoms with Gasteiger partial charge in [0.05, 0.1) is 0 Å². The molecule has 0 aliphatic heterocycles. The van der Waals surface area contributed by atoms with E-state index in [1.165, 1.54) is 57.2 Å². The summed E-state index contributed by atoms with van der Waals surface area (Å²) in [6, 6.07) is 13.6. The molecule has 2 aromatic carbocycles. The van der Waals surface area contributed by atoms with Crippen LogP contribution in [0.5, 0.6) is 0 Å². The fourth-order valence-electron chi connectivity index (χ4n) is 3.69. The molecule has 1 nitrogen and oxygen atoms in total.